The summed E-state index contributed by atoms with van der Waals surface area (Å²) in [6, 6.07) is 20.7. The van der Waals surface area contributed by atoms with Crippen LogP contribution in [-0.4, -0.2) is 28.3 Å². The van der Waals surface area contributed by atoms with Crippen LogP contribution in [0.15, 0.2) is 65.2 Å². The number of fused-ring (bicyclic) bond motifs is 1. The summed E-state index contributed by atoms with van der Waals surface area (Å²) in [5.74, 6) is 0.741. The summed E-state index contributed by atoms with van der Waals surface area (Å²) in [5.41, 5.74) is 4.17. The van der Waals surface area contributed by atoms with Gasteiger partial charge in [0, 0.05) is 18.9 Å². The van der Waals surface area contributed by atoms with Crippen LogP contribution in [0.5, 0.6) is 0 Å². The topological polar surface area (TPSA) is 47.3 Å². The SMILES string of the molecule is Cc1ccccc1C1CC(=O)N2CN(Cc3ccccc3)CSC2=C1C#N. The molecule has 4 nitrogen and oxygen atoms in total. The molecule has 0 aromatic heterocycles. The molecule has 1 fully saturated rings. The second-order valence-corrected chi connectivity index (χ2v) is 7.93. The third-order valence-corrected chi connectivity index (χ3v) is 6.37. The number of amides is 1. The standard InChI is InChI=1S/C22H21N3OS/c1-16-7-5-6-10-18(16)19-11-21(26)25-14-24(13-17-8-3-2-4-9-17)15-27-22(25)20(19)12-23/h2-10,19H,11,13-15H2,1H3. The van der Waals surface area contributed by atoms with E-state index < -0.39 is 0 Å². The number of allylic oxidation sites excluding steroid dienone is 1. The van der Waals surface area contributed by atoms with Crippen LogP contribution in [0.4, 0.5) is 0 Å². The van der Waals surface area contributed by atoms with Crippen molar-refractivity contribution < 1.29 is 4.79 Å². The highest BCUT2D eigenvalue weighted by atomic mass is 32.2. The zero-order valence-corrected chi connectivity index (χ0v) is 16.1. The molecular weight excluding hydrogens is 354 g/mol. The van der Waals surface area contributed by atoms with Gasteiger partial charge in [-0.05, 0) is 23.6 Å². The summed E-state index contributed by atoms with van der Waals surface area (Å²) < 4.78 is 0. The predicted octanol–water partition coefficient (Wildman–Crippen LogP) is 4.21. The predicted molar refractivity (Wildman–Crippen MR) is 107 cm³/mol. The van der Waals surface area contributed by atoms with Crippen LogP contribution in [0, 0.1) is 18.3 Å². The minimum atomic E-state index is -0.136. The van der Waals surface area contributed by atoms with Crippen molar-refractivity contribution in [3.05, 3.63) is 81.9 Å². The molecule has 2 aliphatic heterocycles. The number of thioether (sulfide) groups is 1. The summed E-state index contributed by atoms with van der Waals surface area (Å²) in [6.07, 6.45) is 0.358. The Morgan fingerprint density at radius 1 is 1.15 bits per heavy atom. The first-order valence-electron chi connectivity index (χ1n) is 9.06. The van der Waals surface area contributed by atoms with E-state index in [-0.39, 0.29) is 11.8 Å². The van der Waals surface area contributed by atoms with Crippen LogP contribution >= 0.6 is 11.8 Å². The van der Waals surface area contributed by atoms with E-state index in [9.17, 15) is 10.1 Å². The lowest BCUT2D eigenvalue weighted by atomic mass is 9.84. The van der Waals surface area contributed by atoms with Gasteiger partial charge in [0.1, 0.15) is 0 Å². The first-order chi connectivity index (χ1) is 13.2. The molecule has 27 heavy (non-hydrogen) atoms. The number of rotatable bonds is 3. The Kier molecular flexibility index (Phi) is 5.02. The fraction of sp³-hybridized carbons (Fsp3) is 0.273. The maximum atomic E-state index is 12.9. The molecule has 0 aliphatic carbocycles. The van der Waals surface area contributed by atoms with E-state index in [1.54, 1.807) is 16.7 Å². The van der Waals surface area contributed by atoms with E-state index in [1.165, 1.54) is 5.56 Å². The number of hydrogen-bond acceptors (Lipinski definition) is 4. The molecular formula is C22H21N3OS. The van der Waals surface area contributed by atoms with E-state index in [4.69, 9.17) is 0 Å². The average molecular weight is 375 g/mol. The normalized spacial score (nSPS) is 20.4. The van der Waals surface area contributed by atoms with Gasteiger partial charge < -0.3 is 0 Å². The molecule has 0 saturated carbocycles. The van der Waals surface area contributed by atoms with Crippen LogP contribution in [0.25, 0.3) is 0 Å². The van der Waals surface area contributed by atoms with Crippen molar-refractivity contribution in [3.8, 4) is 6.07 Å². The Balaban J connectivity index is 1.61. The minimum absolute atomic E-state index is 0.0996. The van der Waals surface area contributed by atoms with E-state index in [2.05, 4.69) is 23.1 Å². The third kappa shape index (κ3) is 3.51. The van der Waals surface area contributed by atoms with Crippen molar-refractivity contribution in [2.45, 2.75) is 25.8 Å². The third-order valence-electron chi connectivity index (χ3n) is 5.16. The molecule has 1 saturated heterocycles. The minimum Gasteiger partial charge on any atom is -0.292 e. The van der Waals surface area contributed by atoms with Gasteiger partial charge in [0.2, 0.25) is 5.91 Å². The smallest absolute Gasteiger partial charge is 0.229 e. The Morgan fingerprint density at radius 2 is 1.89 bits per heavy atom. The lowest BCUT2D eigenvalue weighted by Crippen LogP contribution is -2.46. The van der Waals surface area contributed by atoms with Gasteiger partial charge in [-0.25, -0.2) is 0 Å². The van der Waals surface area contributed by atoms with Crippen molar-refractivity contribution in [3.63, 3.8) is 0 Å². The summed E-state index contributed by atoms with van der Waals surface area (Å²) in [6.45, 7) is 3.39. The molecule has 1 atom stereocenters. The molecule has 0 radical (unpaired) electrons. The molecule has 5 heteroatoms. The van der Waals surface area contributed by atoms with Gasteiger partial charge in [-0.2, -0.15) is 5.26 Å². The van der Waals surface area contributed by atoms with Crippen molar-refractivity contribution >= 4 is 17.7 Å². The van der Waals surface area contributed by atoms with Crippen LogP contribution in [0.2, 0.25) is 0 Å². The van der Waals surface area contributed by atoms with Gasteiger partial charge in [0.15, 0.2) is 0 Å². The van der Waals surface area contributed by atoms with Crippen molar-refractivity contribution in [1.29, 1.82) is 5.26 Å². The Bertz CT molecular complexity index is 932. The lowest BCUT2D eigenvalue weighted by Gasteiger charge is -2.41. The molecule has 2 heterocycles. The van der Waals surface area contributed by atoms with Gasteiger partial charge >= 0.3 is 0 Å². The Morgan fingerprint density at radius 3 is 2.63 bits per heavy atom. The highest BCUT2D eigenvalue weighted by Gasteiger charge is 2.38. The van der Waals surface area contributed by atoms with Gasteiger partial charge in [-0.1, -0.05) is 66.4 Å². The zero-order chi connectivity index (χ0) is 18.8. The summed E-state index contributed by atoms with van der Waals surface area (Å²) in [7, 11) is 0. The Labute approximate surface area is 164 Å². The highest BCUT2D eigenvalue weighted by Crippen LogP contribution is 2.43. The van der Waals surface area contributed by atoms with Crippen molar-refractivity contribution in [1.82, 2.24) is 9.80 Å². The number of aryl methyl sites for hydroxylation is 1. The molecule has 0 spiro atoms. The second-order valence-electron chi connectivity index (χ2n) is 7.00. The van der Waals surface area contributed by atoms with Crippen LogP contribution in [-0.2, 0) is 11.3 Å². The van der Waals surface area contributed by atoms with E-state index in [0.717, 1.165) is 34.2 Å². The highest BCUT2D eigenvalue weighted by molar-refractivity contribution is 8.03. The van der Waals surface area contributed by atoms with Gasteiger partial charge in [0.25, 0.3) is 0 Å². The van der Waals surface area contributed by atoms with E-state index in [0.29, 0.717) is 13.1 Å². The number of benzene rings is 2. The second kappa shape index (κ2) is 7.59. The molecule has 2 aromatic carbocycles. The van der Waals surface area contributed by atoms with Crippen LogP contribution < -0.4 is 0 Å². The first kappa shape index (κ1) is 17.8. The van der Waals surface area contributed by atoms with Crippen LogP contribution in [0.1, 0.15) is 29.0 Å². The monoisotopic (exact) mass is 375 g/mol. The van der Waals surface area contributed by atoms with E-state index >= 15 is 0 Å². The molecule has 0 N–H and O–H groups in total. The average Bonchev–Trinajstić information content (AvgIpc) is 2.69. The fourth-order valence-corrected chi connectivity index (χ4v) is 4.93. The molecule has 1 unspecified atom stereocenters. The number of hydrogen-bond donors (Lipinski definition) is 0. The summed E-state index contributed by atoms with van der Waals surface area (Å²) in [4.78, 5) is 17.0. The molecule has 2 aromatic rings. The number of carbonyl (C=O) groups is 1. The van der Waals surface area contributed by atoms with Crippen molar-refractivity contribution in [2.75, 3.05) is 12.5 Å². The number of nitrogens with zero attached hydrogens (tertiary/aromatic N) is 3. The largest absolute Gasteiger partial charge is 0.292 e. The maximum absolute atomic E-state index is 12.9. The zero-order valence-electron chi connectivity index (χ0n) is 15.3. The summed E-state index contributed by atoms with van der Waals surface area (Å²) >= 11 is 1.60. The van der Waals surface area contributed by atoms with Crippen LogP contribution in [0.3, 0.4) is 0 Å². The molecule has 2 aliphatic rings. The molecule has 4 rings (SSSR count). The molecule has 0 bridgehead atoms. The van der Waals surface area contributed by atoms with Gasteiger partial charge in [-0.3, -0.25) is 14.6 Å². The lowest BCUT2D eigenvalue weighted by molar-refractivity contribution is -0.131. The first-order valence-corrected chi connectivity index (χ1v) is 10.0. The number of nitriles is 1. The molecule has 136 valence electrons. The molecule has 1 amide bonds. The summed E-state index contributed by atoms with van der Waals surface area (Å²) in [5, 5.41) is 10.7. The quantitative estimate of drug-likeness (QED) is 0.806. The van der Waals surface area contributed by atoms with Gasteiger partial charge in [0.05, 0.1) is 29.2 Å². The number of carbonyl (C=O) groups excluding carboxylic acids is 1. The Hall–Kier alpha value is -2.55. The fourth-order valence-electron chi connectivity index (χ4n) is 3.79. The van der Waals surface area contributed by atoms with E-state index in [1.807, 2.05) is 49.4 Å². The maximum Gasteiger partial charge on any atom is 0.229 e. The van der Waals surface area contributed by atoms with Gasteiger partial charge in [-0.15, -0.1) is 0 Å². The van der Waals surface area contributed by atoms with Crippen molar-refractivity contribution in [2.24, 2.45) is 0 Å².